The first kappa shape index (κ1) is 53.9. The molecule has 0 spiro atoms. The molecule has 0 bridgehead atoms. The van der Waals surface area contributed by atoms with E-state index >= 15 is 0 Å². The molecule has 0 amide bonds. The molecule has 1 unspecified atom stereocenters. The third-order valence-electron chi connectivity index (χ3n) is 8.13. The van der Waals surface area contributed by atoms with Gasteiger partial charge in [-0.2, -0.15) is 0 Å². The average Bonchev–Trinajstić information content (AvgIpc) is 3.18. The highest BCUT2D eigenvalue weighted by molar-refractivity contribution is 7.47. The minimum Gasteiger partial charge on any atom is -0.462 e. The molecule has 0 aromatic carbocycles. The molecular formula is C45H74NO10P. The maximum Gasteiger partial charge on any atom is 0.472 e. The van der Waals surface area contributed by atoms with Gasteiger partial charge in [0.15, 0.2) is 6.10 Å². The summed E-state index contributed by atoms with van der Waals surface area (Å²) < 4.78 is 32.6. The number of unbranched alkanes of at least 4 members (excludes halogenated alkanes) is 9. The van der Waals surface area contributed by atoms with Crippen LogP contribution in [-0.4, -0.2) is 71.7 Å². The zero-order valence-corrected chi connectivity index (χ0v) is 35.6. The van der Waals surface area contributed by atoms with Gasteiger partial charge in [-0.05, 0) is 70.6 Å². The highest BCUT2D eigenvalue weighted by Crippen LogP contribution is 2.43. The summed E-state index contributed by atoms with van der Waals surface area (Å²) in [7, 11) is -4.43. The van der Waals surface area contributed by atoms with Gasteiger partial charge >= 0.3 is 19.8 Å². The topological polar surface area (TPSA) is 175 Å². The Labute approximate surface area is 343 Å². The lowest BCUT2D eigenvalue weighted by atomic mass is 10.1. The fraction of sp³-hybridized carbons (Fsp3) is 0.600. The van der Waals surface area contributed by atoms with Gasteiger partial charge < -0.3 is 30.3 Å². The number of aliphatic hydroxyl groups excluding tert-OH is 2. The molecule has 0 heterocycles. The lowest BCUT2D eigenvalue weighted by Gasteiger charge is -2.19. The maximum atomic E-state index is 12.6. The lowest BCUT2D eigenvalue weighted by molar-refractivity contribution is -0.161. The van der Waals surface area contributed by atoms with E-state index in [1.54, 1.807) is 30.4 Å². The van der Waals surface area contributed by atoms with Gasteiger partial charge in [0.25, 0.3) is 0 Å². The first-order valence-corrected chi connectivity index (χ1v) is 22.4. The average molecular weight is 820 g/mol. The molecule has 0 aliphatic carbocycles. The van der Waals surface area contributed by atoms with Gasteiger partial charge in [0.05, 0.1) is 25.4 Å². The first-order chi connectivity index (χ1) is 27.6. The van der Waals surface area contributed by atoms with Gasteiger partial charge in [-0.15, -0.1) is 0 Å². The summed E-state index contributed by atoms with van der Waals surface area (Å²) in [5, 5.41) is 20.0. The summed E-state index contributed by atoms with van der Waals surface area (Å²) in [5.41, 5.74) is 5.33. The van der Waals surface area contributed by atoms with Crippen LogP contribution in [0.2, 0.25) is 0 Å². The van der Waals surface area contributed by atoms with Crippen LogP contribution in [0, 0.1) is 0 Å². The second-order valence-corrected chi connectivity index (χ2v) is 15.0. The molecule has 11 nitrogen and oxygen atoms in total. The number of phosphoric acid groups is 1. The van der Waals surface area contributed by atoms with Gasteiger partial charge in [0, 0.05) is 19.4 Å². The smallest absolute Gasteiger partial charge is 0.462 e. The number of hydrogen-bond donors (Lipinski definition) is 4. The van der Waals surface area contributed by atoms with E-state index in [0.29, 0.717) is 32.1 Å². The number of hydrogen-bond acceptors (Lipinski definition) is 10. The van der Waals surface area contributed by atoms with Crippen LogP contribution in [0.15, 0.2) is 97.2 Å². The molecule has 4 atom stereocenters. The standard InChI is InChI=1S/C45H74NO10P/c1-3-5-7-8-9-10-11-12-13-14-15-16-20-23-29-36-45(50)56-43(40-55-57(51,52)54-38-37-46)39-53-44(49)35-30-24-28-34-42(48)33-27-22-19-17-18-21-26-32-41(47)31-25-6-4-2/h6,9-10,12-13,18-19,21-22,25-28,32-34,41-43,47-48H,3-5,7-8,11,14-17,20,23-24,29-31,35-40,46H2,1-2H3,(H,51,52)/b10-9-,13-12-,21-18-,22-19-,25-6-,32-26+,33-27+,34-28-/t41-,42-,43-/m1/s1. The number of phosphoric ester groups is 1. The van der Waals surface area contributed by atoms with E-state index in [1.165, 1.54) is 19.3 Å². The Kier molecular flexibility index (Phi) is 37.5. The van der Waals surface area contributed by atoms with Gasteiger partial charge in [0.1, 0.15) is 6.61 Å². The molecule has 12 heteroatoms. The summed E-state index contributed by atoms with van der Waals surface area (Å²) in [6.45, 7) is 3.24. The van der Waals surface area contributed by atoms with Gasteiger partial charge in [-0.3, -0.25) is 18.6 Å². The Morgan fingerprint density at radius 3 is 1.98 bits per heavy atom. The lowest BCUT2D eigenvalue weighted by Crippen LogP contribution is -2.29. The summed E-state index contributed by atoms with van der Waals surface area (Å²) in [5.74, 6) is -1.04. The Bertz CT molecular complexity index is 1290. The molecule has 0 aromatic heterocycles. The van der Waals surface area contributed by atoms with Crippen LogP contribution >= 0.6 is 7.82 Å². The van der Waals surface area contributed by atoms with Crippen molar-refractivity contribution >= 4 is 19.8 Å². The molecule has 0 saturated carbocycles. The molecule has 0 fully saturated rings. The fourth-order valence-corrected chi connectivity index (χ4v) is 5.76. The minimum atomic E-state index is -4.43. The monoisotopic (exact) mass is 820 g/mol. The number of rotatable bonds is 37. The predicted molar refractivity (Wildman–Crippen MR) is 231 cm³/mol. The number of carbonyl (C=O) groups excluding carboxylic acids is 2. The van der Waals surface area contributed by atoms with Crippen LogP contribution in [0.25, 0.3) is 0 Å². The number of nitrogens with two attached hydrogens (primary N) is 1. The van der Waals surface area contributed by atoms with Crippen molar-refractivity contribution in [1.82, 2.24) is 0 Å². The number of aliphatic hydroxyl groups is 2. The summed E-state index contributed by atoms with van der Waals surface area (Å²) in [4.78, 5) is 34.8. The number of ether oxygens (including phenoxy) is 2. The van der Waals surface area contributed by atoms with E-state index in [0.717, 1.165) is 51.4 Å². The van der Waals surface area contributed by atoms with Gasteiger partial charge in [0.2, 0.25) is 0 Å². The Balaban J connectivity index is 4.48. The maximum absolute atomic E-state index is 12.6. The molecule has 0 radical (unpaired) electrons. The zero-order chi connectivity index (χ0) is 42.1. The zero-order valence-electron chi connectivity index (χ0n) is 34.7. The van der Waals surface area contributed by atoms with E-state index in [1.807, 2.05) is 42.5 Å². The molecule has 0 saturated heterocycles. The third-order valence-corrected chi connectivity index (χ3v) is 9.11. The minimum absolute atomic E-state index is 0.0161. The highest BCUT2D eigenvalue weighted by atomic mass is 31.2. The summed E-state index contributed by atoms with van der Waals surface area (Å²) in [6.07, 6.45) is 43.7. The molecule has 0 aliphatic rings. The first-order valence-electron chi connectivity index (χ1n) is 20.9. The Morgan fingerprint density at radius 2 is 1.28 bits per heavy atom. The quantitative estimate of drug-likeness (QED) is 0.0154. The van der Waals surface area contributed by atoms with Crippen LogP contribution < -0.4 is 5.73 Å². The van der Waals surface area contributed by atoms with Crippen molar-refractivity contribution < 1.29 is 47.8 Å². The molecule has 57 heavy (non-hydrogen) atoms. The van der Waals surface area contributed by atoms with E-state index in [2.05, 4.69) is 38.2 Å². The van der Waals surface area contributed by atoms with E-state index < -0.39 is 44.7 Å². The van der Waals surface area contributed by atoms with Crippen molar-refractivity contribution in [1.29, 1.82) is 0 Å². The predicted octanol–water partition coefficient (Wildman–Crippen LogP) is 9.77. The van der Waals surface area contributed by atoms with Crippen LogP contribution in [0.4, 0.5) is 0 Å². The Morgan fingerprint density at radius 1 is 0.649 bits per heavy atom. The second-order valence-electron chi connectivity index (χ2n) is 13.5. The second kappa shape index (κ2) is 39.7. The number of esters is 2. The fourth-order valence-electron chi connectivity index (χ4n) is 4.99. The van der Waals surface area contributed by atoms with Crippen molar-refractivity contribution in [3.63, 3.8) is 0 Å². The van der Waals surface area contributed by atoms with Gasteiger partial charge in [-0.25, -0.2) is 4.57 Å². The van der Waals surface area contributed by atoms with E-state index in [-0.39, 0.29) is 32.6 Å². The largest absolute Gasteiger partial charge is 0.472 e. The third kappa shape index (κ3) is 39.5. The van der Waals surface area contributed by atoms with E-state index in [4.69, 9.17) is 24.3 Å². The number of carbonyl (C=O) groups is 2. The summed E-state index contributed by atoms with van der Waals surface area (Å²) in [6, 6.07) is 0. The SMILES string of the molecule is CC/C=C\C[C@@H](O)/C=C/C=C\C/C=C\C=C\[C@@H](O)/C=C\CCCC(=O)OC[C@H](COP(=O)(O)OCCN)OC(=O)CCCCCCC/C=C\C/C=C\CCCCC. The molecular weight excluding hydrogens is 745 g/mol. The van der Waals surface area contributed by atoms with E-state index in [9.17, 15) is 29.3 Å². The van der Waals surface area contributed by atoms with Crippen molar-refractivity contribution in [2.24, 2.45) is 5.73 Å². The van der Waals surface area contributed by atoms with Crippen LogP contribution in [0.3, 0.4) is 0 Å². The van der Waals surface area contributed by atoms with Crippen molar-refractivity contribution in [3.05, 3.63) is 97.2 Å². The molecule has 324 valence electrons. The molecule has 5 N–H and O–H groups in total. The van der Waals surface area contributed by atoms with Crippen molar-refractivity contribution in [2.45, 2.75) is 148 Å². The van der Waals surface area contributed by atoms with Crippen molar-refractivity contribution in [2.75, 3.05) is 26.4 Å². The number of allylic oxidation sites excluding steroid dienone is 12. The molecule has 0 aliphatic heterocycles. The van der Waals surface area contributed by atoms with Gasteiger partial charge in [-0.1, -0.05) is 143 Å². The Hall–Kier alpha value is -3.15. The van der Waals surface area contributed by atoms with Crippen molar-refractivity contribution in [3.8, 4) is 0 Å². The molecule has 0 aromatic rings. The normalized spacial score (nSPS) is 15.4. The van der Waals surface area contributed by atoms with Crippen LogP contribution in [0.1, 0.15) is 129 Å². The highest BCUT2D eigenvalue weighted by Gasteiger charge is 2.26. The summed E-state index contributed by atoms with van der Waals surface area (Å²) >= 11 is 0. The van der Waals surface area contributed by atoms with Crippen LogP contribution in [-0.2, 0) is 32.7 Å². The molecule has 0 rings (SSSR count). The van der Waals surface area contributed by atoms with Crippen LogP contribution in [0.5, 0.6) is 0 Å².